The lowest BCUT2D eigenvalue weighted by Crippen LogP contribution is -2.33. The summed E-state index contributed by atoms with van der Waals surface area (Å²) in [5.41, 5.74) is 0.788. The molecule has 0 bridgehead atoms. The van der Waals surface area contributed by atoms with Crippen molar-refractivity contribution in [2.45, 2.75) is 13.0 Å². The van der Waals surface area contributed by atoms with Gasteiger partial charge < -0.3 is 19.9 Å². The molecule has 0 aliphatic carbocycles. The van der Waals surface area contributed by atoms with E-state index in [2.05, 4.69) is 20.8 Å². The van der Waals surface area contributed by atoms with Crippen LogP contribution in [0.25, 0.3) is 0 Å². The van der Waals surface area contributed by atoms with Gasteiger partial charge in [0.25, 0.3) is 0 Å². The number of carbonyl (C=O) groups is 2. The van der Waals surface area contributed by atoms with Crippen LogP contribution >= 0.6 is 11.6 Å². The number of Topliss-reactive ketones (excluding diaryl/α,β-unsaturated/α-hetero) is 1. The zero-order valence-corrected chi connectivity index (χ0v) is 17.8. The van der Waals surface area contributed by atoms with E-state index in [9.17, 15) is 14.7 Å². The number of rotatable bonds is 6. The van der Waals surface area contributed by atoms with Crippen LogP contribution in [0.15, 0.2) is 53.7 Å². The van der Waals surface area contributed by atoms with E-state index in [0.717, 1.165) is 0 Å². The zero-order valence-electron chi connectivity index (χ0n) is 17.1. The fraction of sp³-hybridized carbons (Fsp3) is 0.190. The number of hydrogen-bond donors (Lipinski definition) is 2. The number of benzene rings is 2. The van der Waals surface area contributed by atoms with E-state index in [4.69, 9.17) is 21.1 Å². The Balaban J connectivity index is 1.94. The van der Waals surface area contributed by atoms with Gasteiger partial charge in [-0.3, -0.25) is 4.79 Å². The number of aromatic hydroxyl groups is 1. The molecular formula is C21H18ClN5O5. The number of methoxy groups -OCH3 is 1. The molecule has 2 N–H and O–H groups in total. The van der Waals surface area contributed by atoms with E-state index >= 15 is 0 Å². The summed E-state index contributed by atoms with van der Waals surface area (Å²) < 4.78 is 11.8. The Bertz CT molecular complexity index is 1220. The predicted molar refractivity (Wildman–Crippen MR) is 114 cm³/mol. The Morgan fingerprint density at radius 1 is 1.22 bits per heavy atom. The van der Waals surface area contributed by atoms with Crippen molar-refractivity contribution in [1.29, 1.82) is 0 Å². The van der Waals surface area contributed by atoms with Crippen molar-refractivity contribution in [2.24, 2.45) is 0 Å². The third kappa shape index (κ3) is 3.76. The van der Waals surface area contributed by atoms with Gasteiger partial charge in [0.1, 0.15) is 11.7 Å². The lowest BCUT2D eigenvalue weighted by molar-refractivity contribution is -0.136. The van der Waals surface area contributed by atoms with E-state index in [0.29, 0.717) is 22.8 Å². The number of phenols is 1. The molecule has 3 aromatic rings. The highest BCUT2D eigenvalue weighted by Gasteiger charge is 2.38. The number of nitrogens with one attached hydrogen (secondary N) is 1. The van der Waals surface area contributed by atoms with E-state index in [1.54, 1.807) is 43.3 Å². The summed E-state index contributed by atoms with van der Waals surface area (Å²) in [5.74, 6) is -0.911. The minimum atomic E-state index is -0.904. The maximum absolute atomic E-state index is 13.6. The maximum Gasteiger partial charge on any atom is 0.355 e. The van der Waals surface area contributed by atoms with Gasteiger partial charge in [-0.25, -0.2) is 4.79 Å². The fourth-order valence-electron chi connectivity index (χ4n) is 3.43. The number of hydrogen-bond acceptors (Lipinski definition) is 9. The highest BCUT2D eigenvalue weighted by atomic mass is 35.5. The van der Waals surface area contributed by atoms with Crippen LogP contribution in [0.2, 0.25) is 5.02 Å². The van der Waals surface area contributed by atoms with E-state index in [1.807, 2.05) is 0 Å². The average molecular weight is 456 g/mol. The molecule has 0 radical (unpaired) electrons. The number of phenolic OH excluding ortho intramolecular Hbond substituents is 1. The average Bonchev–Trinajstić information content (AvgIpc) is 3.27. The first kappa shape index (κ1) is 21.3. The van der Waals surface area contributed by atoms with Gasteiger partial charge in [0, 0.05) is 10.6 Å². The number of fused-ring (bicyclic) bond motifs is 1. The molecule has 1 aliphatic heterocycles. The molecule has 4 rings (SSSR count). The summed E-state index contributed by atoms with van der Waals surface area (Å²) >= 11 is 5.96. The lowest BCUT2D eigenvalue weighted by atomic mass is 9.89. The third-order valence-corrected chi connectivity index (χ3v) is 5.11. The molecule has 164 valence electrons. The molecule has 11 heteroatoms. The second-order valence-corrected chi connectivity index (χ2v) is 7.19. The van der Waals surface area contributed by atoms with Gasteiger partial charge in [-0.2, -0.15) is 4.68 Å². The van der Waals surface area contributed by atoms with Crippen molar-refractivity contribution in [3.8, 4) is 11.5 Å². The van der Waals surface area contributed by atoms with Crippen molar-refractivity contribution in [3.63, 3.8) is 0 Å². The molecule has 0 spiro atoms. The SMILES string of the molecule is CCOc1cc([C@H]2C(C(=O)c3ccc(Cl)cc3)=C(C(=O)OC)Nc3nnnn32)ccc1O. The Kier molecular flexibility index (Phi) is 5.78. The minimum Gasteiger partial charge on any atom is -0.504 e. The number of nitrogens with zero attached hydrogens (tertiary/aromatic N) is 4. The molecule has 32 heavy (non-hydrogen) atoms. The van der Waals surface area contributed by atoms with Crippen LogP contribution in [-0.4, -0.2) is 50.8 Å². The second-order valence-electron chi connectivity index (χ2n) is 6.75. The van der Waals surface area contributed by atoms with Crippen molar-refractivity contribution >= 4 is 29.3 Å². The summed E-state index contributed by atoms with van der Waals surface area (Å²) in [5, 5.41) is 24.9. The maximum atomic E-state index is 13.6. The van der Waals surface area contributed by atoms with Crippen LogP contribution in [0, 0.1) is 0 Å². The molecule has 1 aliphatic rings. The Hall–Kier alpha value is -3.92. The monoisotopic (exact) mass is 455 g/mol. The molecule has 0 unspecified atom stereocenters. The van der Waals surface area contributed by atoms with Gasteiger partial charge in [0.05, 0.1) is 19.3 Å². The molecule has 0 saturated carbocycles. The molecule has 0 saturated heterocycles. The zero-order chi connectivity index (χ0) is 22.8. The summed E-state index contributed by atoms with van der Waals surface area (Å²) in [6.45, 7) is 2.10. The molecule has 0 fully saturated rings. The molecule has 0 amide bonds. The van der Waals surface area contributed by atoms with E-state index in [1.165, 1.54) is 17.9 Å². The smallest absolute Gasteiger partial charge is 0.355 e. The fourth-order valence-corrected chi connectivity index (χ4v) is 3.55. The van der Waals surface area contributed by atoms with Crippen LogP contribution in [0.1, 0.15) is 28.9 Å². The van der Waals surface area contributed by atoms with Gasteiger partial charge in [-0.1, -0.05) is 22.8 Å². The molecule has 1 atom stereocenters. The number of ether oxygens (including phenoxy) is 2. The largest absolute Gasteiger partial charge is 0.504 e. The van der Waals surface area contributed by atoms with Gasteiger partial charge in [-0.15, -0.1) is 0 Å². The van der Waals surface area contributed by atoms with Crippen LogP contribution in [0.4, 0.5) is 5.95 Å². The van der Waals surface area contributed by atoms with Gasteiger partial charge >= 0.3 is 5.97 Å². The summed E-state index contributed by atoms with van der Waals surface area (Å²) in [7, 11) is 1.21. The summed E-state index contributed by atoms with van der Waals surface area (Å²) in [6.07, 6.45) is 0. The van der Waals surface area contributed by atoms with Crippen molar-refractivity contribution in [3.05, 3.63) is 69.9 Å². The van der Waals surface area contributed by atoms with Crippen LogP contribution in [-0.2, 0) is 9.53 Å². The normalized spacial score (nSPS) is 15.0. The van der Waals surface area contributed by atoms with Gasteiger partial charge in [0.15, 0.2) is 17.3 Å². The number of anilines is 1. The van der Waals surface area contributed by atoms with Crippen LogP contribution in [0.3, 0.4) is 0 Å². The van der Waals surface area contributed by atoms with Crippen LogP contribution in [0.5, 0.6) is 11.5 Å². The summed E-state index contributed by atoms with van der Waals surface area (Å²) in [4.78, 5) is 26.3. The van der Waals surface area contributed by atoms with E-state index in [-0.39, 0.29) is 28.7 Å². The quantitative estimate of drug-likeness (QED) is 0.425. The topological polar surface area (TPSA) is 128 Å². The van der Waals surface area contributed by atoms with Crippen molar-refractivity contribution in [2.75, 3.05) is 19.0 Å². The Morgan fingerprint density at radius 3 is 2.66 bits per heavy atom. The molecular weight excluding hydrogens is 438 g/mol. The first-order valence-corrected chi connectivity index (χ1v) is 9.95. The van der Waals surface area contributed by atoms with Crippen molar-refractivity contribution < 1.29 is 24.2 Å². The molecule has 2 heterocycles. The number of aromatic nitrogens is 4. The highest BCUT2D eigenvalue weighted by molar-refractivity contribution is 6.30. The first-order chi connectivity index (χ1) is 15.4. The number of ketones is 1. The molecule has 1 aromatic heterocycles. The molecule has 10 nitrogen and oxygen atoms in total. The second kappa shape index (κ2) is 8.67. The molecule has 2 aromatic carbocycles. The number of carbonyl (C=O) groups excluding carboxylic acids is 2. The first-order valence-electron chi connectivity index (χ1n) is 9.58. The Labute approximate surface area is 187 Å². The predicted octanol–water partition coefficient (Wildman–Crippen LogP) is 2.76. The third-order valence-electron chi connectivity index (χ3n) is 4.86. The Morgan fingerprint density at radius 2 is 1.97 bits per heavy atom. The van der Waals surface area contributed by atoms with Crippen LogP contribution < -0.4 is 10.1 Å². The standard InChI is InChI=1S/C21H18ClN5O5/c1-3-32-15-10-12(6-9-14(15)28)18-16(19(29)11-4-7-13(22)8-5-11)17(20(30)31-2)23-21-24-25-26-27(18)21/h4-10,18,28H,3H2,1-2H3,(H,23,24,26)/t18-/m0/s1. The number of halogens is 1. The van der Waals surface area contributed by atoms with Crippen molar-refractivity contribution in [1.82, 2.24) is 20.2 Å². The highest BCUT2D eigenvalue weighted by Crippen LogP contribution is 2.39. The number of tetrazole rings is 1. The number of esters is 1. The summed E-state index contributed by atoms with van der Waals surface area (Å²) in [6, 6.07) is 9.98. The number of allylic oxidation sites excluding steroid dienone is 1. The van der Waals surface area contributed by atoms with Gasteiger partial charge in [0.2, 0.25) is 5.95 Å². The van der Waals surface area contributed by atoms with Gasteiger partial charge in [-0.05, 0) is 59.3 Å². The minimum absolute atomic E-state index is 0.0621. The van der Waals surface area contributed by atoms with E-state index < -0.39 is 17.8 Å². The lowest BCUT2D eigenvalue weighted by Gasteiger charge is -2.28.